The molecule has 2 aromatic carbocycles. The maximum Gasteiger partial charge on any atom is 0.262 e. The number of methoxy groups -OCH3 is 1. The van der Waals surface area contributed by atoms with Crippen LogP contribution in [0, 0.1) is 0 Å². The van der Waals surface area contributed by atoms with E-state index in [9.17, 15) is 9.59 Å². The van der Waals surface area contributed by atoms with Crippen LogP contribution in [-0.2, 0) is 16.0 Å². The molecular formula is C22H27N3O4. The number of hydrazone groups is 1. The minimum absolute atomic E-state index is 0.0734. The van der Waals surface area contributed by atoms with Crippen molar-refractivity contribution in [3.05, 3.63) is 59.7 Å². The number of hydrogen-bond acceptors (Lipinski definition) is 5. The van der Waals surface area contributed by atoms with Crippen LogP contribution in [0.4, 0.5) is 0 Å². The summed E-state index contributed by atoms with van der Waals surface area (Å²) in [6.07, 6.45) is 1.77. The van der Waals surface area contributed by atoms with Crippen molar-refractivity contribution in [1.29, 1.82) is 0 Å². The molecule has 0 radical (unpaired) electrons. The van der Waals surface area contributed by atoms with Gasteiger partial charge in [0.05, 0.1) is 25.8 Å². The fraction of sp³-hybridized carbons (Fsp3) is 0.318. The summed E-state index contributed by atoms with van der Waals surface area (Å²) in [5.74, 6) is 0.801. The molecule has 0 saturated carbocycles. The fourth-order valence-corrected chi connectivity index (χ4v) is 2.49. The average molecular weight is 397 g/mol. The quantitative estimate of drug-likeness (QED) is 0.503. The molecular weight excluding hydrogens is 370 g/mol. The summed E-state index contributed by atoms with van der Waals surface area (Å²) in [6, 6.07) is 13.9. The first-order valence-corrected chi connectivity index (χ1v) is 9.39. The predicted molar refractivity (Wildman–Crippen MR) is 112 cm³/mol. The Morgan fingerprint density at radius 1 is 1.07 bits per heavy atom. The smallest absolute Gasteiger partial charge is 0.262 e. The molecule has 2 amide bonds. The fourth-order valence-electron chi connectivity index (χ4n) is 2.49. The van der Waals surface area contributed by atoms with Gasteiger partial charge in [0.1, 0.15) is 17.5 Å². The van der Waals surface area contributed by atoms with Crippen molar-refractivity contribution < 1.29 is 19.1 Å². The highest BCUT2D eigenvalue weighted by Crippen LogP contribution is 2.14. The Morgan fingerprint density at radius 2 is 1.79 bits per heavy atom. The third kappa shape index (κ3) is 7.65. The lowest BCUT2D eigenvalue weighted by Gasteiger charge is -2.12. The lowest BCUT2D eigenvalue weighted by Crippen LogP contribution is -2.43. The summed E-state index contributed by atoms with van der Waals surface area (Å²) >= 11 is 0. The highest BCUT2D eigenvalue weighted by molar-refractivity contribution is 5.89. The van der Waals surface area contributed by atoms with E-state index >= 15 is 0 Å². The lowest BCUT2D eigenvalue weighted by atomic mass is 10.1. The topological polar surface area (TPSA) is 89.0 Å². The van der Waals surface area contributed by atoms with Gasteiger partial charge in [-0.3, -0.25) is 9.59 Å². The number of carbonyl (C=O) groups is 2. The standard InChI is InChI=1S/C22H27N3O4/c1-15(2)29-20-7-5-6-18(12-20)14-23-25-22(27)16(3)24-21(26)13-17-8-10-19(28-4)11-9-17/h5-12,14-16H,13H2,1-4H3,(H,24,26)(H,25,27). The molecule has 2 N–H and O–H groups in total. The molecule has 29 heavy (non-hydrogen) atoms. The second-order valence-electron chi connectivity index (χ2n) is 6.79. The van der Waals surface area contributed by atoms with Gasteiger partial charge in [0.15, 0.2) is 0 Å². The van der Waals surface area contributed by atoms with Gasteiger partial charge in [-0.05, 0) is 56.2 Å². The van der Waals surface area contributed by atoms with Crippen LogP contribution in [0.15, 0.2) is 53.6 Å². The highest BCUT2D eigenvalue weighted by atomic mass is 16.5. The van der Waals surface area contributed by atoms with Crippen LogP contribution in [0.5, 0.6) is 11.5 Å². The molecule has 0 aromatic heterocycles. The Hall–Kier alpha value is -3.35. The Labute approximate surface area is 171 Å². The monoisotopic (exact) mass is 397 g/mol. The molecule has 0 aliphatic rings. The van der Waals surface area contributed by atoms with Crippen LogP contribution in [0.1, 0.15) is 31.9 Å². The molecule has 0 bridgehead atoms. The molecule has 7 heteroatoms. The molecule has 0 spiro atoms. The summed E-state index contributed by atoms with van der Waals surface area (Å²) < 4.78 is 10.7. The summed E-state index contributed by atoms with van der Waals surface area (Å²) in [6.45, 7) is 5.50. The second-order valence-corrected chi connectivity index (χ2v) is 6.79. The molecule has 154 valence electrons. The number of ether oxygens (including phenoxy) is 2. The first-order valence-electron chi connectivity index (χ1n) is 9.39. The van der Waals surface area contributed by atoms with Crippen molar-refractivity contribution in [1.82, 2.24) is 10.7 Å². The van der Waals surface area contributed by atoms with E-state index in [1.807, 2.05) is 50.2 Å². The molecule has 0 saturated heterocycles. The third-order valence-corrected chi connectivity index (χ3v) is 3.91. The van der Waals surface area contributed by atoms with E-state index in [1.165, 1.54) is 6.21 Å². The number of rotatable bonds is 9. The van der Waals surface area contributed by atoms with Gasteiger partial charge in [-0.1, -0.05) is 24.3 Å². The van der Waals surface area contributed by atoms with E-state index in [4.69, 9.17) is 9.47 Å². The average Bonchev–Trinajstić information content (AvgIpc) is 2.68. The first-order chi connectivity index (χ1) is 13.9. The summed E-state index contributed by atoms with van der Waals surface area (Å²) in [4.78, 5) is 24.3. The lowest BCUT2D eigenvalue weighted by molar-refractivity contribution is -0.128. The molecule has 7 nitrogen and oxygen atoms in total. The second kappa shape index (κ2) is 10.8. The van der Waals surface area contributed by atoms with Crippen LogP contribution < -0.4 is 20.2 Å². The molecule has 2 aromatic rings. The minimum atomic E-state index is -0.714. The van der Waals surface area contributed by atoms with E-state index in [0.29, 0.717) is 0 Å². The van der Waals surface area contributed by atoms with Crippen molar-refractivity contribution in [2.75, 3.05) is 7.11 Å². The van der Waals surface area contributed by atoms with E-state index in [2.05, 4.69) is 15.8 Å². The molecule has 2 rings (SSSR count). The summed E-state index contributed by atoms with van der Waals surface area (Å²) in [7, 11) is 1.58. The largest absolute Gasteiger partial charge is 0.497 e. The van der Waals surface area contributed by atoms with Crippen molar-refractivity contribution in [3.8, 4) is 11.5 Å². The molecule has 0 fully saturated rings. The van der Waals surface area contributed by atoms with Crippen LogP contribution in [-0.4, -0.2) is 37.3 Å². The van der Waals surface area contributed by atoms with E-state index in [-0.39, 0.29) is 18.4 Å². The zero-order valence-corrected chi connectivity index (χ0v) is 17.1. The van der Waals surface area contributed by atoms with Gasteiger partial charge < -0.3 is 14.8 Å². The molecule has 1 atom stereocenters. The summed E-state index contributed by atoms with van der Waals surface area (Å²) in [5, 5.41) is 6.61. The van der Waals surface area contributed by atoms with Gasteiger partial charge in [0.2, 0.25) is 5.91 Å². The van der Waals surface area contributed by atoms with E-state index in [1.54, 1.807) is 26.2 Å². The normalized spacial score (nSPS) is 11.9. The van der Waals surface area contributed by atoms with Crippen LogP contribution in [0.25, 0.3) is 0 Å². The number of benzene rings is 2. The van der Waals surface area contributed by atoms with Crippen molar-refractivity contribution in [2.45, 2.75) is 39.3 Å². The number of nitrogens with one attached hydrogen (secondary N) is 2. The molecule has 0 aliphatic carbocycles. The maximum atomic E-state index is 12.1. The van der Waals surface area contributed by atoms with Gasteiger partial charge in [0.25, 0.3) is 5.91 Å². The minimum Gasteiger partial charge on any atom is -0.497 e. The Morgan fingerprint density at radius 3 is 2.45 bits per heavy atom. The zero-order chi connectivity index (χ0) is 21.2. The first kappa shape index (κ1) is 21.9. The highest BCUT2D eigenvalue weighted by Gasteiger charge is 2.15. The van der Waals surface area contributed by atoms with Gasteiger partial charge in [0, 0.05) is 0 Å². The van der Waals surface area contributed by atoms with Gasteiger partial charge in [-0.2, -0.15) is 5.10 Å². The Balaban J connectivity index is 1.82. The molecule has 0 aliphatic heterocycles. The van der Waals surface area contributed by atoms with Crippen molar-refractivity contribution in [3.63, 3.8) is 0 Å². The van der Waals surface area contributed by atoms with Gasteiger partial charge >= 0.3 is 0 Å². The SMILES string of the molecule is COc1ccc(CC(=O)NC(C)C(=O)NN=Cc2cccc(OC(C)C)c2)cc1. The zero-order valence-electron chi connectivity index (χ0n) is 17.1. The number of nitrogens with zero attached hydrogens (tertiary/aromatic N) is 1. The number of carbonyl (C=O) groups excluding carboxylic acids is 2. The molecule has 0 heterocycles. The Kier molecular flexibility index (Phi) is 8.21. The number of amides is 2. The van der Waals surface area contributed by atoms with Gasteiger partial charge in [-0.15, -0.1) is 0 Å². The predicted octanol–water partition coefficient (Wildman–Crippen LogP) is 2.68. The number of hydrogen-bond donors (Lipinski definition) is 2. The summed E-state index contributed by atoms with van der Waals surface area (Å²) in [5.41, 5.74) is 4.06. The maximum absolute atomic E-state index is 12.1. The van der Waals surface area contributed by atoms with Crippen molar-refractivity contribution >= 4 is 18.0 Å². The van der Waals surface area contributed by atoms with Crippen LogP contribution in [0.3, 0.4) is 0 Å². The van der Waals surface area contributed by atoms with Crippen LogP contribution in [0.2, 0.25) is 0 Å². The van der Waals surface area contributed by atoms with E-state index in [0.717, 1.165) is 22.6 Å². The van der Waals surface area contributed by atoms with Crippen molar-refractivity contribution in [2.24, 2.45) is 5.10 Å². The Bertz CT molecular complexity index is 847. The third-order valence-electron chi connectivity index (χ3n) is 3.91. The molecule has 1 unspecified atom stereocenters. The van der Waals surface area contributed by atoms with Crippen LogP contribution >= 0.6 is 0 Å². The van der Waals surface area contributed by atoms with E-state index < -0.39 is 11.9 Å². The van der Waals surface area contributed by atoms with Gasteiger partial charge in [-0.25, -0.2) is 5.43 Å².